The van der Waals surface area contributed by atoms with E-state index in [4.69, 9.17) is 5.26 Å². The Balaban J connectivity index is 2.11. The van der Waals surface area contributed by atoms with Gasteiger partial charge in [-0.25, -0.2) is 0 Å². The number of aromatic amines is 1. The van der Waals surface area contributed by atoms with Crippen LogP contribution in [0.1, 0.15) is 33.8 Å². The van der Waals surface area contributed by atoms with Gasteiger partial charge in [0.1, 0.15) is 6.07 Å². The summed E-state index contributed by atoms with van der Waals surface area (Å²) in [5, 5.41) is 34.8. The molecule has 0 saturated heterocycles. The van der Waals surface area contributed by atoms with Crippen molar-refractivity contribution in [1.29, 1.82) is 10.5 Å². The molecule has 3 rings (SSSR count). The quantitative estimate of drug-likeness (QED) is 0.767. The van der Waals surface area contributed by atoms with Crippen molar-refractivity contribution in [2.45, 2.75) is 27.0 Å². The molecular weight excluding hydrogens is 314 g/mol. The maximum Gasteiger partial charge on any atom is 0.102 e. The molecule has 3 aromatic rings. The molecule has 0 aliphatic carbocycles. The van der Waals surface area contributed by atoms with Gasteiger partial charge >= 0.3 is 0 Å². The van der Waals surface area contributed by atoms with Gasteiger partial charge in [0.25, 0.3) is 0 Å². The smallest absolute Gasteiger partial charge is 0.102 e. The van der Waals surface area contributed by atoms with Crippen LogP contribution in [-0.2, 0) is 13.2 Å². The number of aliphatic hydroxyl groups is 1. The Kier molecular flexibility index (Phi) is 4.38. The van der Waals surface area contributed by atoms with Gasteiger partial charge in [-0.05, 0) is 31.5 Å². The minimum absolute atomic E-state index is 0.109. The molecule has 124 valence electrons. The molecule has 25 heavy (non-hydrogen) atoms. The largest absolute Gasteiger partial charge is 0.390 e. The highest BCUT2D eigenvalue weighted by Gasteiger charge is 2.20. The predicted octanol–water partition coefficient (Wildman–Crippen LogP) is 2.78. The molecule has 0 bridgehead atoms. The van der Waals surface area contributed by atoms with Gasteiger partial charge in [-0.15, -0.1) is 0 Å². The number of aromatic nitrogens is 3. The SMILES string of the molecule is Cc1c(C#N)c(-c2ccc(C#N)cc2)c(C)n1Cc1cn[nH]c1CO. The second-order valence-electron chi connectivity index (χ2n) is 5.84. The van der Waals surface area contributed by atoms with Crippen LogP contribution in [0.4, 0.5) is 0 Å². The zero-order valence-corrected chi connectivity index (χ0v) is 14.0. The summed E-state index contributed by atoms with van der Waals surface area (Å²) < 4.78 is 2.05. The molecule has 2 heterocycles. The molecule has 2 aromatic heterocycles. The Morgan fingerprint density at radius 3 is 2.44 bits per heavy atom. The van der Waals surface area contributed by atoms with Gasteiger partial charge < -0.3 is 9.67 Å². The summed E-state index contributed by atoms with van der Waals surface area (Å²) in [6.45, 7) is 4.30. The van der Waals surface area contributed by atoms with Crippen LogP contribution in [0.25, 0.3) is 11.1 Å². The molecule has 0 unspecified atom stereocenters. The second-order valence-corrected chi connectivity index (χ2v) is 5.84. The molecule has 0 fully saturated rings. The van der Waals surface area contributed by atoms with Gasteiger partial charge in [0.2, 0.25) is 0 Å². The third-order valence-corrected chi connectivity index (χ3v) is 4.49. The molecule has 0 saturated carbocycles. The monoisotopic (exact) mass is 331 g/mol. The van der Waals surface area contributed by atoms with Gasteiger partial charge in [0.15, 0.2) is 0 Å². The Morgan fingerprint density at radius 2 is 1.84 bits per heavy atom. The van der Waals surface area contributed by atoms with Crippen LogP contribution in [0.3, 0.4) is 0 Å². The van der Waals surface area contributed by atoms with Crippen molar-refractivity contribution in [3.05, 3.63) is 64.2 Å². The van der Waals surface area contributed by atoms with Gasteiger partial charge in [-0.1, -0.05) is 12.1 Å². The van der Waals surface area contributed by atoms with Crippen LogP contribution < -0.4 is 0 Å². The summed E-state index contributed by atoms with van der Waals surface area (Å²) in [6.07, 6.45) is 1.69. The molecule has 0 amide bonds. The van der Waals surface area contributed by atoms with Crippen molar-refractivity contribution >= 4 is 0 Å². The van der Waals surface area contributed by atoms with Crippen LogP contribution >= 0.6 is 0 Å². The topological polar surface area (TPSA) is 101 Å². The number of nitrogens with zero attached hydrogens (tertiary/aromatic N) is 4. The lowest BCUT2D eigenvalue weighted by molar-refractivity contribution is 0.275. The molecule has 6 heteroatoms. The van der Waals surface area contributed by atoms with E-state index in [9.17, 15) is 10.4 Å². The maximum atomic E-state index is 9.65. The summed E-state index contributed by atoms with van der Waals surface area (Å²) in [5.74, 6) is 0. The molecule has 0 radical (unpaired) electrons. The Morgan fingerprint density at radius 1 is 1.12 bits per heavy atom. The van der Waals surface area contributed by atoms with E-state index in [1.54, 1.807) is 18.3 Å². The molecule has 0 atom stereocenters. The summed E-state index contributed by atoms with van der Waals surface area (Å²) >= 11 is 0. The van der Waals surface area contributed by atoms with Gasteiger partial charge in [0, 0.05) is 22.5 Å². The van der Waals surface area contributed by atoms with Crippen LogP contribution in [0.5, 0.6) is 0 Å². The van der Waals surface area contributed by atoms with Crippen molar-refractivity contribution in [1.82, 2.24) is 14.8 Å². The molecular formula is C19H17N5O. The maximum absolute atomic E-state index is 9.65. The summed E-state index contributed by atoms with van der Waals surface area (Å²) in [4.78, 5) is 0. The number of rotatable bonds is 4. The highest BCUT2D eigenvalue weighted by atomic mass is 16.3. The predicted molar refractivity (Wildman–Crippen MR) is 92.4 cm³/mol. The van der Waals surface area contributed by atoms with Crippen molar-refractivity contribution in [3.63, 3.8) is 0 Å². The highest BCUT2D eigenvalue weighted by molar-refractivity contribution is 5.75. The van der Waals surface area contributed by atoms with E-state index in [1.807, 2.05) is 26.0 Å². The number of hydrogen-bond donors (Lipinski definition) is 2. The van der Waals surface area contributed by atoms with E-state index in [0.29, 0.717) is 23.4 Å². The van der Waals surface area contributed by atoms with Crippen molar-refractivity contribution in [2.24, 2.45) is 0 Å². The first-order valence-electron chi connectivity index (χ1n) is 7.83. The zero-order chi connectivity index (χ0) is 18.0. The second kappa shape index (κ2) is 6.64. The molecule has 2 N–H and O–H groups in total. The number of nitriles is 2. The standard InChI is InChI=1S/C19H17N5O/c1-12-17(8-21)19(15-5-3-14(7-20)4-6-15)13(2)24(12)10-16-9-22-23-18(16)11-25/h3-6,9,25H,10-11H2,1-2H3,(H,22,23). The van der Waals surface area contributed by atoms with Gasteiger partial charge in [-0.2, -0.15) is 15.6 Å². The van der Waals surface area contributed by atoms with Gasteiger partial charge in [-0.3, -0.25) is 5.10 Å². The fourth-order valence-electron chi connectivity index (χ4n) is 3.10. The Hall–Kier alpha value is -3.35. The number of H-pyrrole nitrogens is 1. The van der Waals surface area contributed by atoms with Crippen LogP contribution in [0.2, 0.25) is 0 Å². The molecule has 0 aliphatic rings. The normalized spacial score (nSPS) is 10.4. The fraction of sp³-hybridized carbons (Fsp3) is 0.211. The van der Waals surface area contributed by atoms with Crippen molar-refractivity contribution in [3.8, 4) is 23.3 Å². The average molecular weight is 331 g/mol. The summed E-state index contributed by atoms with van der Waals surface area (Å²) in [7, 11) is 0. The number of aliphatic hydroxyl groups excluding tert-OH is 1. The van der Waals surface area contributed by atoms with Gasteiger partial charge in [0.05, 0.1) is 42.2 Å². The summed E-state index contributed by atoms with van der Waals surface area (Å²) in [5.41, 5.74) is 6.38. The number of benzene rings is 1. The van der Waals surface area contributed by atoms with Crippen LogP contribution in [0, 0.1) is 36.5 Å². The van der Waals surface area contributed by atoms with Crippen molar-refractivity contribution in [2.75, 3.05) is 0 Å². The lowest BCUT2D eigenvalue weighted by Gasteiger charge is -2.09. The van der Waals surface area contributed by atoms with E-state index in [0.717, 1.165) is 28.1 Å². The van der Waals surface area contributed by atoms with Crippen LogP contribution in [-0.4, -0.2) is 19.9 Å². The van der Waals surface area contributed by atoms with Crippen LogP contribution in [0.15, 0.2) is 30.5 Å². The highest BCUT2D eigenvalue weighted by Crippen LogP contribution is 2.32. The molecule has 0 spiro atoms. The van der Waals surface area contributed by atoms with E-state index < -0.39 is 0 Å². The van der Waals surface area contributed by atoms with E-state index in [1.165, 1.54) is 0 Å². The Labute approximate surface area is 145 Å². The molecule has 0 aliphatic heterocycles. The molecule has 1 aromatic carbocycles. The first kappa shape index (κ1) is 16.5. The lowest BCUT2D eigenvalue weighted by atomic mass is 10.0. The number of nitrogens with one attached hydrogen (secondary N) is 1. The van der Waals surface area contributed by atoms with E-state index >= 15 is 0 Å². The third-order valence-electron chi connectivity index (χ3n) is 4.49. The lowest BCUT2D eigenvalue weighted by Crippen LogP contribution is -2.05. The minimum atomic E-state index is -0.109. The zero-order valence-electron chi connectivity index (χ0n) is 14.0. The van der Waals surface area contributed by atoms with Crippen molar-refractivity contribution < 1.29 is 5.11 Å². The van der Waals surface area contributed by atoms with E-state index in [2.05, 4.69) is 26.9 Å². The first-order chi connectivity index (χ1) is 12.1. The average Bonchev–Trinajstić information content (AvgIpc) is 3.19. The van der Waals surface area contributed by atoms with E-state index in [-0.39, 0.29) is 6.61 Å². The first-order valence-corrected chi connectivity index (χ1v) is 7.83. The minimum Gasteiger partial charge on any atom is -0.390 e. The summed E-state index contributed by atoms with van der Waals surface area (Å²) in [6, 6.07) is 11.6. The number of hydrogen-bond acceptors (Lipinski definition) is 4. The fourth-order valence-corrected chi connectivity index (χ4v) is 3.10. The Bertz CT molecular complexity index is 996. The third kappa shape index (κ3) is 2.80. The molecule has 6 nitrogen and oxygen atoms in total.